The van der Waals surface area contributed by atoms with Gasteiger partial charge in [-0.05, 0) is 66.2 Å². The normalized spacial score (nSPS) is 14.1. The van der Waals surface area contributed by atoms with Gasteiger partial charge in [-0.15, -0.1) is 11.3 Å². The minimum Gasteiger partial charge on any atom is -0.332 e. The van der Waals surface area contributed by atoms with E-state index in [9.17, 15) is 18.4 Å². The molecule has 1 heterocycles. The molecule has 1 aromatic heterocycles. The lowest BCUT2D eigenvalue weighted by Gasteiger charge is -2.35. The van der Waals surface area contributed by atoms with E-state index in [0.29, 0.717) is 18.7 Å². The van der Waals surface area contributed by atoms with Crippen LogP contribution < -0.4 is 0 Å². The molecule has 1 saturated carbocycles. The molecule has 0 bridgehead atoms. The molecule has 4 nitrogen and oxygen atoms in total. The van der Waals surface area contributed by atoms with Gasteiger partial charge in [0.2, 0.25) is 5.91 Å². The largest absolute Gasteiger partial charge is 0.332 e. The molecule has 0 N–H and O–H groups in total. The molecule has 1 aliphatic carbocycles. The highest BCUT2D eigenvalue weighted by molar-refractivity contribution is 7.09. The molecular formula is C27H28F2N2O2S. The summed E-state index contributed by atoms with van der Waals surface area (Å²) in [5.41, 5.74) is 1.20. The van der Waals surface area contributed by atoms with E-state index in [1.165, 1.54) is 36.4 Å². The predicted octanol–water partition coefficient (Wildman–Crippen LogP) is 6.03. The number of carbonyl (C=O) groups excluding carboxylic acids is 2. The molecule has 7 heteroatoms. The Morgan fingerprint density at radius 2 is 1.50 bits per heavy atom. The molecule has 0 aliphatic heterocycles. The number of rotatable bonds is 8. The molecule has 0 radical (unpaired) electrons. The molecule has 0 spiro atoms. The Labute approximate surface area is 202 Å². The van der Waals surface area contributed by atoms with Crippen LogP contribution in [0.1, 0.15) is 52.9 Å². The summed E-state index contributed by atoms with van der Waals surface area (Å²) in [5.74, 6) is -1.15. The second kappa shape index (κ2) is 11.4. The summed E-state index contributed by atoms with van der Waals surface area (Å²) in [7, 11) is 0. The second-order valence-corrected chi connectivity index (χ2v) is 9.72. The van der Waals surface area contributed by atoms with Crippen molar-refractivity contribution in [2.24, 2.45) is 0 Å². The number of halogens is 2. The fourth-order valence-electron chi connectivity index (χ4n) is 4.40. The van der Waals surface area contributed by atoms with Crippen LogP contribution in [0.25, 0.3) is 0 Å². The fourth-order valence-corrected chi connectivity index (χ4v) is 5.12. The molecule has 0 saturated heterocycles. The first-order valence-electron chi connectivity index (χ1n) is 11.6. The number of amides is 2. The Kier molecular flexibility index (Phi) is 8.06. The van der Waals surface area contributed by atoms with Gasteiger partial charge in [0.05, 0.1) is 6.54 Å². The van der Waals surface area contributed by atoms with Crippen molar-refractivity contribution >= 4 is 23.2 Å². The molecule has 4 rings (SSSR count). The van der Waals surface area contributed by atoms with Crippen LogP contribution in [-0.4, -0.2) is 34.2 Å². The molecule has 1 aliphatic rings. The first kappa shape index (κ1) is 24.1. The highest BCUT2D eigenvalue weighted by Crippen LogP contribution is 2.25. The third-order valence-electron chi connectivity index (χ3n) is 6.24. The minimum atomic E-state index is -0.404. The van der Waals surface area contributed by atoms with Gasteiger partial charge < -0.3 is 9.80 Å². The van der Waals surface area contributed by atoms with Gasteiger partial charge in [-0.2, -0.15) is 0 Å². The average Bonchev–Trinajstić information content (AvgIpc) is 3.37. The van der Waals surface area contributed by atoms with Gasteiger partial charge in [-0.25, -0.2) is 8.78 Å². The summed E-state index contributed by atoms with van der Waals surface area (Å²) in [6, 6.07) is 15.5. The van der Waals surface area contributed by atoms with E-state index in [-0.39, 0.29) is 30.2 Å². The number of thiophene rings is 1. The Balaban J connectivity index is 1.57. The zero-order valence-corrected chi connectivity index (χ0v) is 19.8. The standard InChI is InChI=1S/C27H28F2N2O2S/c28-22-12-8-20(9-13-22)17-30(18-25-7-4-16-34-25)26(32)19-31(24-5-2-1-3-6-24)27(33)21-10-14-23(29)15-11-21/h4,7-16,24H,1-3,5-6,17-19H2. The van der Waals surface area contributed by atoms with Gasteiger partial charge in [0.15, 0.2) is 0 Å². The molecule has 0 atom stereocenters. The van der Waals surface area contributed by atoms with E-state index in [1.807, 2.05) is 17.5 Å². The van der Waals surface area contributed by atoms with Crippen molar-refractivity contribution in [1.29, 1.82) is 0 Å². The lowest BCUT2D eigenvalue weighted by Crippen LogP contribution is -2.48. The van der Waals surface area contributed by atoms with Crippen LogP contribution in [0.3, 0.4) is 0 Å². The number of carbonyl (C=O) groups is 2. The van der Waals surface area contributed by atoms with Crippen molar-refractivity contribution in [3.05, 3.63) is 93.7 Å². The molecule has 3 aromatic rings. The summed E-state index contributed by atoms with van der Waals surface area (Å²) >= 11 is 1.56. The van der Waals surface area contributed by atoms with Crippen molar-refractivity contribution < 1.29 is 18.4 Å². The first-order valence-corrected chi connectivity index (χ1v) is 12.5. The number of benzene rings is 2. The Morgan fingerprint density at radius 3 is 2.12 bits per heavy atom. The van der Waals surface area contributed by atoms with E-state index in [4.69, 9.17) is 0 Å². The molecule has 34 heavy (non-hydrogen) atoms. The van der Waals surface area contributed by atoms with Crippen LogP contribution in [0, 0.1) is 11.6 Å². The van der Waals surface area contributed by atoms with Crippen molar-refractivity contribution in [3.8, 4) is 0 Å². The average molecular weight is 483 g/mol. The SMILES string of the molecule is O=C(CN(C(=O)c1ccc(F)cc1)C1CCCCC1)N(Cc1ccc(F)cc1)Cc1cccs1. The van der Waals surface area contributed by atoms with Crippen LogP contribution in [0.5, 0.6) is 0 Å². The van der Waals surface area contributed by atoms with Gasteiger partial charge in [-0.1, -0.05) is 37.5 Å². The van der Waals surface area contributed by atoms with Gasteiger partial charge in [-0.3, -0.25) is 9.59 Å². The maximum atomic E-state index is 13.6. The monoisotopic (exact) mass is 482 g/mol. The molecule has 1 fully saturated rings. The van der Waals surface area contributed by atoms with Gasteiger partial charge in [0, 0.05) is 23.0 Å². The van der Waals surface area contributed by atoms with E-state index in [1.54, 1.807) is 33.3 Å². The topological polar surface area (TPSA) is 40.6 Å². The van der Waals surface area contributed by atoms with E-state index in [0.717, 1.165) is 42.5 Å². The maximum Gasteiger partial charge on any atom is 0.254 e. The highest BCUT2D eigenvalue weighted by atomic mass is 32.1. The molecule has 2 aromatic carbocycles. The zero-order valence-electron chi connectivity index (χ0n) is 19.0. The molecular weight excluding hydrogens is 454 g/mol. The zero-order chi connectivity index (χ0) is 23.9. The van der Waals surface area contributed by atoms with E-state index >= 15 is 0 Å². The fraction of sp³-hybridized carbons (Fsp3) is 0.333. The maximum absolute atomic E-state index is 13.6. The number of nitrogens with zero attached hydrogens (tertiary/aromatic N) is 2. The first-order chi connectivity index (χ1) is 16.5. The number of hydrogen-bond acceptors (Lipinski definition) is 3. The third kappa shape index (κ3) is 6.29. The lowest BCUT2D eigenvalue weighted by atomic mass is 9.93. The van der Waals surface area contributed by atoms with Crippen molar-refractivity contribution in [2.45, 2.75) is 51.2 Å². The summed E-state index contributed by atoms with van der Waals surface area (Å²) in [6.45, 7) is 0.685. The van der Waals surface area contributed by atoms with Crippen LogP contribution >= 0.6 is 11.3 Å². The lowest BCUT2D eigenvalue weighted by molar-refractivity contribution is -0.133. The minimum absolute atomic E-state index is 0.0235. The van der Waals surface area contributed by atoms with Crippen LogP contribution in [0.2, 0.25) is 0 Å². The van der Waals surface area contributed by atoms with Gasteiger partial charge >= 0.3 is 0 Å². The van der Waals surface area contributed by atoms with Gasteiger partial charge in [0.25, 0.3) is 5.91 Å². The van der Waals surface area contributed by atoms with Crippen LogP contribution in [0.4, 0.5) is 8.78 Å². The second-order valence-electron chi connectivity index (χ2n) is 8.69. The van der Waals surface area contributed by atoms with Gasteiger partial charge in [0.1, 0.15) is 18.2 Å². The summed E-state index contributed by atoms with van der Waals surface area (Å²) in [6.07, 6.45) is 4.85. The van der Waals surface area contributed by atoms with Crippen LogP contribution in [0.15, 0.2) is 66.0 Å². The predicted molar refractivity (Wildman–Crippen MR) is 129 cm³/mol. The van der Waals surface area contributed by atoms with Crippen molar-refractivity contribution in [2.75, 3.05) is 6.54 Å². The molecule has 2 amide bonds. The summed E-state index contributed by atoms with van der Waals surface area (Å²) in [5, 5.41) is 1.96. The van der Waals surface area contributed by atoms with Crippen LogP contribution in [-0.2, 0) is 17.9 Å². The Morgan fingerprint density at radius 1 is 0.853 bits per heavy atom. The van der Waals surface area contributed by atoms with E-state index < -0.39 is 5.82 Å². The summed E-state index contributed by atoms with van der Waals surface area (Å²) in [4.78, 5) is 31.4. The highest BCUT2D eigenvalue weighted by Gasteiger charge is 2.30. The molecule has 0 unspecified atom stereocenters. The smallest absolute Gasteiger partial charge is 0.254 e. The number of hydrogen-bond donors (Lipinski definition) is 0. The summed E-state index contributed by atoms with van der Waals surface area (Å²) < 4.78 is 26.8. The van der Waals surface area contributed by atoms with Crippen molar-refractivity contribution in [3.63, 3.8) is 0 Å². The van der Waals surface area contributed by atoms with E-state index in [2.05, 4.69) is 0 Å². The van der Waals surface area contributed by atoms with Crippen molar-refractivity contribution in [1.82, 2.24) is 9.80 Å². The quantitative estimate of drug-likeness (QED) is 0.393. The Bertz CT molecular complexity index is 1080. The Hall–Kier alpha value is -3.06. The third-order valence-corrected chi connectivity index (χ3v) is 7.10. The molecule has 178 valence electrons.